The summed E-state index contributed by atoms with van der Waals surface area (Å²) in [4.78, 5) is 12.3. The Kier molecular flexibility index (Phi) is 5.23. The van der Waals surface area contributed by atoms with Gasteiger partial charge in [-0.25, -0.2) is 0 Å². The van der Waals surface area contributed by atoms with Crippen molar-refractivity contribution >= 4 is 22.4 Å². The molecular weight excluding hydrogens is 310 g/mol. The number of hydrogen-bond donors (Lipinski definition) is 1. The highest BCUT2D eigenvalue weighted by molar-refractivity contribution is 7.15. The van der Waals surface area contributed by atoms with Gasteiger partial charge in [-0.15, -0.1) is 10.2 Å². The van der Waals surface area contributed by atoms with Crippen LogP contribution in [0.1, 0.15) is 60.3 Å². The van der Waals surface area contributed by atoms with Crippen LogP contribution in [0.3, 0.4) is 0 Å². The molecule has 6 heteroatoms. The fraction of sp³-hybridized carbons (Fsp3) is 0.471. The lowest BCUT2D eigenvalue weighted by atomic mass is 9.90. The summed E-state index contributed by atoms with van der Waals surface area (Å²) in [6.45, 7) is 2.49. The van der Waals surface area contributed by atoms with Crippen molar-refractivity contribution in [1.82, 2.24) is 10.2 Å². The second kappa shape index (κ2) is 7.55. The van der Waals surface area contributed by atoms with E-state index in [1.165, 1.54) is 43.4 Å². The quantitative estimate of drug-likeness (QED) is 0.890. The van der Waals surface area contributed by atoms with E-state index in [9.17, 15) is 4.79 Å². The van der Waals surface area contributed by atoms with Crippen molar-refractivity contribution in [3.8, 4) is 5.75 Å². The predicted molar refractivity (Wildman–Crippen MR) is 91.3 cm³/mol. The maximum atomic E-state index is 12.3. The first-order valence-electron chi connectivity index (χ1n) is 8.14. The molecule has 3 rings (SSSR count). The maximum Gasteiger partial charge on any atom is 0.257 e. The second-order valence-corrected chi connectivity index (χ2v) is 6.70. The van der Waals surface area contributed by atoms with Crippen molar-refractivity contribution in [2.75, 3.05) is 11.9 Å². The lowest BCUT2D eigenvalue weighted by molar-refractivity contribution is 0.102. The number of nitrogens with zero attached hydrogens (tertiary/aromatic N) is 2. The summed E-state index contributed by atoms with van der Waals surface area (Å²) < 4.78 is 5.42. The number of aromatic nitrogens is 2. The average Bonchev–Trinajstić information content (AvgIpc) is 3.05. The van der Waals surface area contributed by atoms with E-state index >= 15 is 0 Å². The van der Waals surface area contributed by atoms with E-state index in [1.807, 2.05) is 19.1 Å². The van der Waals surface area contributed by atoms with Gasteiger partial charge in [0.1, 0.15) is 10.8 Å². The maximum absolute atomic E-state index is 12.3. The Morgan fingerprint density at radius 1 is 1.30 bits per heavy atom. The minimum Gasteiger partial charge on any atom is -0.494 e. The van der Waals surface area contributed by atoms with Gasteiger partial charge in [-0.3, -0.25) is 10.1 Å². The Hall–Kier alpha value is -1.95. The number of carbonyl (C=O) groups excluding carboxylic acids is 1. The first-order chi connectivity index (χ1) is 11.3. The highest BCUT2D eigenvalue weighted by Crippen LogP contribution is 2.35. The number of carbonyl (C=O) groups is 1. The van der Waals surface area contributed by atoms with E-state index in [1.54, 1.807) is 12.1 Å². The van der Waals surface area contributed by atoms with Crippen molar-refractivity contribution in [3.05, 3.63) is 34.8 Å². The molecule has 1 N–H and O–H groups in total. The number of hydrogen-bond acceptors (Lipinski definition) is 5. The molecule has 1 aliphatic rings. The Balaban J connectivity index is 1.65. The summed E-state index contributed by atoms with van der Waals surface area (Å²) in [5.74, 6) is 1.02. The lowest BCUT2D eigenvalue weighted by Gasteiger charge is -2.18. The summed E-state index contributed by atoms with van der Waals surface area (Å²) in [5, 5.41) is 12.8. The fourth-order valence-corrected chi connectivity index (χ4v) is 3.77. The number of nitrogens with one attached hydrogen (secondary N) is 1. The van der Waals surface area contributed by atoms with Crippen molar-refractivity contribution < 1.29 is 9.53 Å². The van der Waals surface area contributed by atoms with E-state index < -0.39 is 0 Å². The van der Waals surface area contributed by atoms with Crippen molar-refractivity contribution in [1.29, 1.82) is 0 Å². The van der Waals surface area contributed by atoms with Gasteiger partial charge >= 0.3 is 0 Å². The molecule has 0 radical (unpaired) electrons. The van der Waals surface area contributed by atoms with Gasteiger partial charge in [-0.05, 0) is 38.0 Å². The summed E-state index contributed by atoms with van der Waals surface area (Å²) in [7, 11) is 0. The van der Waals surface area contributed by atoms with Gasteiger partial charge < -0.3 is 4.74 Å². The molecular formula is C17H21N3O2S. The number of rotatable bonds is 5. The van der Waals surface area contributed by atoms with Crippen LogP contribution in [0.4, 0.5) is 5.13 Å². The Bertz CT molecular complexity index is 665. The molecule has 0 aliphatic heterocycles. The topological polar surface area (TPSA) is 64.1 Å². The monoisotopic (exact) mass is 331 g/mol. The molecule has 1 amide bonds. The van der Waals surface area contributed by atoms with Crippen LogP contribution >= 0.6 is 11.3 Å². The van der Waals surface area contributed by atoms with Crippen molar-refractivity contribution in [3.63, 3.8) is 0 Å². The Morgan fingerprint density at radius 2 is 2.13 bits per heavy atom. The van der Waals surface area contributed by atoms with Crippen LogP contribution in [0.15, 0.2) is 24.3 Å². The van der Waals surface area contributed by atoms with Crippen LogP contribution in [0.5, 0.6) is 5.75 Å². The molecule has 0 unspecified atom stereocenters. The summed E-state index contributed by atoms with van der Waals surface area (Å²) in [6, 6.07) is 7.16. The SMILES string of the molecule is CCOc1cccc(C(=O)Nc2nnc(C3CCCCC3)s2)c1. The van der Waals surface area contributed by atoms with Gasteiger partial charge in [0.05, 0.1) is 6.61 Å². The second-order valence-electron chi connectivity index (χ2n) is 5.70. The van der Waals surface area contributed by atoms with Crippen LogP contribution < -0.4 is 10.1 Å². The summed E-state index contributed by atoms with van der Waals surface area (Å²) in [5.41, 5.74) is 0.561. The Morgan fingerprint density at radius 3 is 2.91 bits per heavy atom. The minimum atomic E-state index is -0.183. The molecule has 0 bridgehead atoms. The molecule has 1 fully saturated rings. The molecule has 1 heterocycles. The molecule has 122 valence electrons. The van der Waals surface area contributed by atoms with E-state index in [-0.39, 0.29) is 5.91 Å². The van der Waals surface area contributed by atoms with Crippen molar-refractivity contribution in [2.24, 2.45) is 0 Å². The van der Waals surface area contributed by atoms with Crippen LogP contribution in [0.2, 0.25) is 0 Å². The molecule has 0 spiro atoms. The van der Waals surface area contributed by atoms with Gasteiger partial charge in [0, 0.05) is 11.5 Å². The van der Waals surface area contributed by atoms with E-state index in [2.05, 4.69) is 15.5 Å². The van der Waals surface area contributed by atoms with Gasteiger partial charge in [0.2, 0.25) is 5.13 Å². The molecule has 5 nitrogen and oxygen atoms in total. The fourth-order valence-electron chi connectivity index (χ4n) is 2.86. The van der Waals surface area contributed by atoms with Crippen LogP contribution in [0.25, 0.3) is 0 Å². The zero-order chi connectivity index (χ0) is 16.1. The van der Waals surface area contributed by atoms with E-state index in [0.29, 0.717) is 29.0 Å². The van der Waals surface area contributed by atoms with Crippen molar-refractivity contribution in [2.45, 2.75) is 44.9 Å². The molecule has 1 saturated carbocycles. The largest absolute Gasteiger partial charge is 0.494 e. The summed E-state index contributed by atoms with van der Waals surface area (Å²) in [6.07, 6.45) is 6.19. The van der Waals surface area contributed by atoms with E-state index in [0.717, 1.165) is 5.01 Å². The van der Waals surface area contributed by atoms with Crippen LogP contribution in [0, 0.1) is 0 Å². The third kappa shape index (κ3) is 4.07. The molecule has 0 saturated heterocycles. The standard InChI is InChI=1S/C17H21N3O2S/c1-2-22-14-10-6-9-13(11-14)15(21)18-17-20-19-16(23-17)12-7-4-3-5-8-12/h6,9-12H,2-5,7-8H2,1H3,(H,18,20,21). The number of benzene rings is 1. The smallest absolute Gasteiger partial charge is 0.257 e. The predicted octanol–water partition coefficient (Wildman–Crippen LogP) is 4.24. The zero-order valence-corrected chi connectivity index (χ0v) is 14.1. The molecule has 1 aromatic heterocycles. The van der Waals surface area contributed by atoms with Gasteiger partial charge in [0.15, 0.2) is 0 Å². The molecule has 1 aromatic carbocycles. The van der Waals surface area contributed by atoms with Gasteiger partial charge in [-0.2, -0.15) is 0 Å². The minimum absolute atomic E-state index is 0.183. The third-order valence-corrected chi connectivity index (χ3v) is 5.02. The first kappa shape index (κ1) is 15.9. The van der Waals surface area contributed by atoms with Crippen LogP contribution in [-0.4, -0.2) is 22.7 Å². The zero-order valence-electron chi connectivity index (χ0n) is 13.2. The van der Waals surface area contributed by atoms with Crippen LogP contribution in [-0.2, 0) is 0 Å². The number of amides is 1. The summed E-state index contributed by atoms with van der Waals surface area (Å²) >= 11 is 1.49. The molecule has 0 atom stereocenters. The third-order valence-electron chi connectivity index (χ3n) is 4.02. The highest BCUT2D eigenvalue weighted by atomic mass is 32.1. The number of ether oxygens (including phenoxy) is 1. The van der Waals surface area contributed by atoms with Gasteiger partial charge in [0.25, 0.3) is 5.91 Å². The van der Waals surface area contributed by atoms with E-state index in [4.69, 9.17) is 4.74 Å². The average molecular weight is 331 g/mol. The molecule has 23 heavy (non-hydrogen) atoms. The van der Waals surface area contributed by atoms with Gasteiger partial charge in [-0.1, -0.05) is 36.7 Å². The number of anilines is 1. The first-order valence-corrected chi connectivity index (χ1v) is 8.95. The lowest BCUT2D eigenvalue weighted by Crippen LogP contribution is -2.11. The highest BCUT2D eigenvalue weighted by Gasteiger charge is 2.20. The normalized spacial score (nSPS) is 15.3. The molecule has 2 aromatic rings. The molecule has 1 aliphatic carbocycles. The Labute approximate surface area is 140 Å².